The van der Waals surface area contributed by atoms with Crippen molar-refractivity contribution >= 4 is 16.8 Å². The van der Waals surface area contributed by atoms with Gasteiger partial charge in [-0.2, -0.15) is 0 Å². The van der Waals surface area contributed by atoms with Crippen molar-refractivity contribution in [3.05, 3.63) is 59.7 Å². The van der Waals surface area contributed by atoms with E-state index in [1.165, 1.54) is 24.3 Å². The number of benzene rings is 2. The summed E-state index contributed by atoms with van der Waals surface area (Å²) in [5.74, 6) is -0.925. The van der Waals surface area contributed by atoms with Crippen LogP contribution < -0.4 is 5.32 Å². The van der Waals surface area contributed by atoms with E-state index >= 15 is 0 Å². The minimum atomic E-state index is -0.705. The van der Waals surface area contributed by atoms with Gasteiger partial charge in [0.1, 0.15) is 17.2 Å². The van der Waals surface area contributed by atoms with Crippen LogP contribution in [0.2, 0.25) is 0 Å². The van der Waals surface area contributed by atoms with Crippen molar-refractivity contribution in [2.24, 2.45) is 0 Å². The van der Waals surface area contributed by atoms with E-state index < -0.39 is 5.54 Å². The van der Waals surface area contributed by atoms with Crippen LogP contribution in [0.25, 0.3) is 22.2 Å². The molecule has 5 nitrogen and oxygen atoms in total. The van der Waals surface area contributed by atoms with Gasteiger partial charge in [0, 0.05) is 23.0 Å². The number of aromatic nitrogens is 1. The Balaban J connectivity index is 1.62. The number of fused-ring (bicyclic) bond motifs is 1. The first-order chi connectivity index (χ1) is 13.5. The van der Waals surface area contributed by atoms with Crippen molar-refractivity contribution < 1.29 is 23.4 Å². The molecule has 28 heavy (non-hydrogen) atoms. The zero-order valence-corrected chi connectivity index (χ0v) is 15.1. The van der Waals surface area contributed by atoms with E-state index in [1.54, 1.807) is 18.2 Å². The van der Waals surface area contributed by atoms with Crippen LogP contribution in [0, 0.1) is 11.6 Å². The monoisotopic (exact) mass is 386 g/mol. The highest BCUT2D eigenvalue weighted by atomic mass is 19.1. The number of aliphatic hydroxyl groups is 1. The lowest BCUT2D eigenvalue weighted by Crippen LogP contribution is -2.64. The lowest BCUT2D eigenvalue weighted by Gasteiger charge is -2.40. The zero-order chi connectivity index (χ0) is 19.7. The number of amides is 1. The fourth-order valence-electron chi connectivity index (χ4n) is 3.49. The molecule has 0 atom stereocenters. The van der Waals surface area contributed by atoms with Crippen LogP contribution in [0.15, 0.2) is 42.5 Å². The van der Waals surface area contributed by atoms with Gasteiger partial charge in [0.15, 0.2) is 0 Å². The van der Waals surface area contributed by atoms with Crippen molar-refractivity contribution in [1.82, 2.24) is 10.3 Å². The lowest BCUT2D eigenvalue weighted by molar-refractivity contribution is -0.137. The standard InChI is InChI=1S/C21H20F2N2O3/c22-14-3-1-13(2-4-14)20-16(17-9-15(23)5-7-18(17)24-20)6-8-19(27)25-21(10-26)11-28-12-21/h1-5,7,9,24,26H,6,8,10-12H2,(H,25,27). The number of aliphatic hydroxyl groups excluding tert-OH is 1. The molecule has 1 aliphatic heterocycles. The number of carbonyl (C=O) groups excluding carboxylic acids is 1. The molecule has 3 aromatic rings. The predicted molar refractivity (Wildman–Crippen MR) is 101 cm³/mol. The molecular formula is C21H20F2N2O3. The summed E-state index contributed by atoms with van der Waals surface area (Å²) in [5, 5.41) is 13.0. The van der Waals surface area contributed by atoms with Gasteiger partial charge in [-0.1, -0.05) is 0 Å². The molecule has 146 valence electrons. The Kier molecular flexibility index (Phi) is 4.87. The van der Waals surface area contributed by atoms with Gasteiger partial charge in [-0.05, 0) is 60.0 Å². The van der Waals surface area contributed by atoms with Gasteiger partial charge in [-0.25, -0.2) is 8.78 Å². The number of rotatable bonds is 6. The average Bonchev–Trinajstić information content (AvgIpc) is 3.01. The smallest absolute Gasteiger partial charge is 0.220 e. The fraction of sp³-hybridized carbons (Fsp3) is 0.286. The molecule has 0 aliphatic carbocycles. The highest BCUT2D eigenvalue weighted by molar-refractivity contribution is 5.91. The molecule has 1 aromatic heterocycles. The summed E-state index contributed by atoms with van der Waals surface area (Å²) in [6.45, 7) is 0.389. The van der Waals surface area contributed by atoms with Gasteiger partial charge in [0.25, 0.3) is 0 Å². The molecule has 7 heteroatoms. The number of ether oxygens (including phenoxy) is 1. The van der Waals surface area contributed by atoms with Crippen LogP contribution in [-0.2, 0) is 16.0 Å². The Morgan fingerprint density at radius 3 is 2.50 bits per heavy atom. The van der Waals surface area contributed by atoms with Gasteiger partial charge in [0.05, 0.1) is 19.8 Å². The number of halogens is 2. The van der Waals surface area contributed by atoms with Crippen LogP contribution in [0.3, 0.4) is 0 Å². The summed E-state index contributed by atoms with van der Waals surface area (Å²) in [6, 6.07) is 10.5. The number of nitrogens with one attached hydrogen (secondary N) is 2. The SMILES string of the molecule is O=C(CCc1c(-c2ccc(F)cc2)[nH]c2ccc(F)cc12)NC1(CO)COC1. The summed E-state index contributed by atoms with van der Waals surface area (Å²) >= 11 is 0. The van der Waals surface area contributed by atoms with Gasteiger partial charge >= 0.3 is 0 Å². The molecule has 0 unspecified atom stereocenters. The number of H-pyrrole nitrogens is 1. The van der Waals surface area contributed by atoms with E-state index in [9.17, 15) is 18.7 Å². The molecule has 1 aliphatic rings. The molecule has 1 fully saturated rings. The van der Waals surface area contributed by atoms with Crippen molar-refractivity contribution in [2.45, 2.75) is 18.4 Å². The fourth-order valence-corrected chi connectivity index (χ4v) is 3.49. The molecular weight excluding hydrogens is 366 g/mol. The quantitative estimate of drug-likeness (QED) is 0.610. The number of hydrogen-bond donors (Lipinski definition) is 3. The second-order valence-corrected chi connectivity index (χ2v) is 7.15. The summed E-state index contributed by atoms with van der Waals surface area (Å²) in [7, 11) is 0. The van der Waals surface area contributed by atoms with Gasteiger partial charge in [0.2, 0.25) is 5.91 Å². The molecule has 1 amide bonds. The zero-order valence-electron chi connectivity index (χ0n) is 15.1. The molecule has 4 rings (SSSR count). The van der Waals surface area contributed by atoms with E-state index in [0.29, 0.717) is 11.8 Å². The van der Waals surface area contributed by atoms with Crippen molar-refractivity contribution in [3.63, 3.8) is 0 Å². The van der Waals surface area contributed by atoms with Gasteiger partial charge in [-0.15, -0.1) is 0 Å². The van der Waals surface area contributed by atoms with E-state index in [0.717, 1.165) is 22.3 Å². The maximum absolute atomic E-state index is 13.8. The molecule has 0 spiro atoms. The average molecular weight is 386 g/mol. The van der Waals surface area contributed by atoms with Crippen molar-refractivity contribution in [3.8, 4) is 11.3 Å². The first-order valence-electron chi connectivity index (χ1n) is 9.05. The maximum Gasteiger partial charge on any atom is 0.220 e. The van der Waals surface area contributed by atoms with Crippen molar-refractivity contribution in [1.29, 1.82) is 0 Å². The van der Waals surface area contributed by atoms with Gasteiger partial charge in [-0.3, -0.25) is 4.79 Å². The molecule has 0 saturated carbocycles. The number of aromatic amines is 1. The summed E-state index contributed by atoms with van der Waals surface area (Å²) in [6.07, 6.45) is 0.532. The minimum absolute atomic E-state index is 0.166. The largest absolute Gasteiger partial charge is 0.394 e. The normalized spacial score (nSPS) is 15.4. The highest BCUT2D eigenvalue weighted by Crippen LogP contribution is 2.32. The van der Waals surface area contributed by atoms with E-state index in [1.807, 2.05) is 0 Å². The van der Waals surface area contributed by atoms with Gasteiger partial charge < -0.3 is 20.1 Å². The summed E-state index contributed by atoms with van der Waals surface area (Å²) in [5.41, 5.74) is 2.32. The first kappa shape index (κ1) is 18.6. The Bertz CT molecular complexity index is 1000. The van der Waals surface area contributed by atoms with E-state index in [4.69, 9.17) is 4.74 Å². The topological polar surface area (TPSA) is 74.4 Å². The maximum atomic E-state index is 13.8. The summed E-state index contributed by atoms with van der Waals surface area (Å²) < 4.78 is 32.2. The van der Waals surface area contributed by atoms with Crippen molar-refractivity contribution in [2.75, 3.05) is 19.8 Å². The highest BCUT2D eigenvalue weighted by Gasteiger charge is 2.39. The van der Waals surface area contributed by atoms with Crippen LogP contribution in [0.5, 0.6) is 0 Å². The third-order valence-corrected chi connectivity index (χ3v) is 5.07. The predicted octanol–water partition coefficient (Wildman–Crippen LogP) is 2.92. The molecule has 0 bridgehead atoms. The second kappa shape index (κ2) is 7.33. The Labute approximate surface area is 160 Å². The third-order valence-electron chi connectivity index (χ3n) is 5.07. The molecule has 2 heterocycles. The van der Waals surface area contributed by atoms with Crippen LogP contribution in [0.4, 0.5) is 8.78 Å². The number of hydrogen-bond acceptors (Lipinski definition) is 3. The molecule has 3 N–H and O–H groups in total. The second-order valence-electron chi connectivity index (χ2n) is 7.15. The van der Waals surface area contributed by atoms with Crippen LogP contribution >= 0.6 is 0 Å². The Morgan fingerprint density at radius 1 is 1.14 bits per heavy atom. The Morgan fingerprint density at radius 2 is 1.86 bits per heavy atom. The lowest BCUT2D eigenvalue weighted by atomic mass is 9.97. The first-order valence-corrected chi connectivity index (χ1v) is 9.05. The molecule has 1 saturated heterocycles. The third kappa shape index (κ3) is 3.50. The summed E-state index contributed by atoms with van der Waals surface area (Å²) in [4.78, 5) is 15.6. The molecule has 2 aromatic carbocycles. The number of aryl methyl sites for hydroxylation is 1. The number of carbonyl (C=O) groups is 1. The minimum Gasteiger partial charge on any atom is -0.394 e. The Hall–Kier alpha value is -2.77. The van der Waals surface area contributed by atoms with Crippen LogP contribution in [0.1, 0.15) is 12.0 Å². The van der Waals surface area contributed by atoms with Crippen LogP contribution in [-0.4, -0.2) is 41.4 Å². The van der Waals surface area contributed by atoms with E-state index in [-0.39, 0.29) is 43.8 Å². The molecule has 0 radical (unpaired) electrons. The van der Waals surface area contributed by atoms with E-state index in [2.05, 4.69) is 10.3 Å².